The average Bonchev–Trinajstić information content (AvgIpc) is 2.19. The molecule has 1 atom stereocenters. The number of hydrogen-bond acceptors (Lipinski definition) is 3. The number of ether oxygens (including phenoxy) is 1. The smallest absolute Gasteiger partial charge is 0.547 e. The first-order valence-electron chi connectivity index (χ1n) is 4.52. The molecule has 0 N–H and O–H groups in total. The van der Waals surface area contributed by atoms with Crippen LogP contribution < -0.4 is 56.5 Å². The second-order valence-electron chi connectivity index (χ2n) is 3.12. The topological polar surface area (TPSA) is 49.4 Å². The van der Waals surface area contributed by atoms with Gasteiger partial charge in [-0.25, -0.2) is 0 Å². The number of rotatable bonds is 4. The fourth-order valence-corrected chi connectivity index (χ4v) is 1.30. The van der Waals surface area contributed by atoms with E-state index < -0.39 is 11.6 Å². The van der Waals surface area contributed by atoms with E-state index in [4.69, 9.17) is 4.74 Å². The van der Waals surface area contributed by atoms with Crippen molar-refractivity contribution >= 4 is 5.97 Å². The molecule has 0 aromatic heterocycles. The molecule has 3 nitrogen and oxygen atoms in total. The summed E-state index contributed by atoms with van der Waals surface area (Å²) in [7, 11) is 0. The van der Waals surface area contributed by atoms with E-state index in [0.717, 1.165) is 0 Å². The van der Waals surface area contributed by atoms with E-state index >= 15 is 0 Å². The van der Waals surface area contributed by atoms with Gasteiger partial charge in [0.15, 0.2) is 0 Å². The monoisotopic (exact) mass is 232 g/mol. The predicted molar refractivity (Wildman–Crippen MR) is 50.4 cm³/mol. The number of carbonyl (C=O) groups excluding carboxylic acids is 1. The van der Waals surface area contributed by atoms with Crippen LogP contribution >= 0.6 is 0 Å². The maximum atomic E-state index is 11.0. The summed E-state index contributed by atoms with van der Waals surface area (Å²) in [5, 5.41) is 11.0. The van der Waals surface area contributed by atoms with Crippen molar-refractivity contribution in [2.45, 2.75) is 19.4 Å². The maximum absolute atomic E-state index is 11.0. The largest absolute Gasteiger partial charge is 1.00 e. The van der Waals surface area contributed by atoms with Gasteiger partial charge in [0.2, 0.25) is 0 Å². The standard InChI is InChI=1S/C11H14O3.K/c1-3-14-11(2,10(12)13)9-7-5-4-6-8-9;/h4-8H,3H2,1-2H3,(H,12,13);/q;+1/p-1. The fourth-order valence-electron chi connectivity index (χ4n) is 1.30. The minimum Gasteiger partial charge on any atom is -0.547 e. The molecule has 0 saturated carbocycles. The van der Waals surface area contributed by atoms with Crippen LogP contribution in [0.3, 0.4) is 0 Å². The molecular formula is C11H13KO3. The van der Waals surface area contributed by atoms with Gasteiger partial charge in [-0.3, -0.25) is 0 Å². The van der Waals surface area contributed by atoms with E-state index in [1.807, 2.05) is 6.07 Å². The zero-order chi connectivity index (χ0) is 10.6. The Morgan fingerprint density at radius 1 is 1.40 bits per heavy atom. The molecule has 1 unspecified atom stereocenters. The Bertz CT molecular complexity index is 313. The van der Waals surface area contributed by atoms with Crippen molar-refractivity contribution in [2.24, 2.45) is 0 Å². The van der Waals surface area contributed by atoms with Crippen molar-refractivity contribution in [3.05, 3.63) is 35.9 Å². The first-order valence-corrected chi connectivity index (χ1v) is 4.52. The van der Waals surface area contributed by atoms with Gasteiger partial charge in [-0.2, -0.15) is 0 Å². The van der Waals surface area contributed by atoms with Crippen LogP contribution in [0.2, 0.25) is 0 Å². The number of carboxylic acids is 1. The fraction of sp³-hybridized carbons (Fsp3) is 0.364. The molecule has 76 valence electrons. The third-order valence-electron chi connectivity index (χ3n) is 2.15. The number of carboxylic acid groups (broad SMARTS) is 1. The molecule has 0 heterocycles. The van der Waals surface area contributed by atoms with Gasteiger partial charge in [-0.05, 0) is 19.4 Å². The van der Waals surface area contributed by atoms with Gasteiger partial charge >= 0.3 is 51.4 Å². The number of hydrogen-bond donors (Lipinski definition) is 0. The third kappa shape index (κ3) is 3.66. The summed E-state index contributed by atoms with van der Waals surface area (Å²) < 4.78 is 5.21. The molecule has 1 aromatic carbocycles. The summed E-state index contributed by atoms with van der Waals surface area (Å²) in [6.07, 6.45) is 0. The van der Waals surface area contributed by atoms with Gasteiger partial charge in [0, 0.05) is 6.61 Å². The van der Waals surface area contributed by atoms with Crippen LogP contribution in [0.5, 0.6) is 0 Å². The minimum absolute atomic E-state index is 0. The van der Waals surface area contributed by atoms with Crippen molar-refractivity contribution in [3.63, 3.8) is 0 Å². The molecule has 0 radical (unpaired) electrons. The Balaban J connectivity index is 0.00000196. The van der Waals surface area contributed by atoms with Gasteiger partial charge in [-0.15, -0.1) is 0 Å². The van der Waals surface area contributed by atoms with Crippen molar-refractivity contribution in [3.8, 4) is 0 Å². The third-order valence-corrected chi connectivity index (χ3v) is 2.15. The molecule has 1 rings (SSSR count). The van der Waals surface area contributed by atoms with Crippen LogP contribution in [0, 0.1) is 0 Å². The van der Waals surface area contributed by atoms with Gasteiger partial charge in [0.05, 0.1) is 5.97 Å². The normalized spacial score (nSPS) is 13.7. The van der Waals surface area contributed by atoms with Crippen LogP contribution in [0.15, 0.2) is 30.3 Å². The van der Waals surface area contributed by atoms with E-state index in [0.29, 0.717) is 12.2 Å². The van der Waals surface area contributed by atoms with Crippen molar-refractivity contribution < 1.29 is 66.0 Å². The van der Waals surface area contributed by atoms with Crippen LogP contribution in [-0.4, -0.2) is 12.6 Å². The number of carbonyl (C=O) groups is 1. The zero-order valence-corrected chi connectivity index (χ0v) is 12.4. The molecule has 1 aromatic rings. The number of benzene rings is 1. The van der Waals surface area contributed by atoms with Crippen LogP contribution in [0.25, 0.3) is 0 Å². The van der Waals surface area contributed by atoms with Gasteiger partial charge in [0.25, 0.3) is 0 Å². The van der Waals surface area contributed by atoms with Gasteiger partial charge in [0.1, 0.15) is 5.60 Å². The summed E-state index contributed by atoms with van der Waals surface area (Å²) in [6.45, 7) is 3.59. The Hall–Kier alpha value is 0.286. The van der Waals surface area contributed by atoms with Gasteiger partial charge in [-0.1, -0.05) is 30.3 Å². The first-order chi connectivity index (χ1) is 6.61. The first kappa shape index (κ1) is 15.3. The Morgan fingerprint density at radius 2 is 1.93 bits per heavy atom. The summed E-state index contributed by atoms with van der Waals surface area (Å²) in [5.41, 5.74) is -0.752. The summed E-state index contributed by atoms with van der Waals surface area (Å²) in [5.74, 6) is -1.22. The molecule has 4 heteroatoms. The molecule has 0 spiro atoms. The van der Waals surface area contributed by atoms with Gasteiger partial charge < -0.3 is 14.6 Å². The molecule has 0 fully saturated rings. The molecule has 0 saturated heterocycles. The molecule has 0 aliphatic carbocycles. The van der Waals surface area contributed by atoms with Crippen molar-refractivity contribution in [1.82, 2.24) is 0 Å². The second kappa shape index (κ2) is 6.78. The quantitative estimate of drug-likeness (QED) is 0.548. The van der Waals surface area contributed by atoms with Crippen molar-refractivity contribution in [1.29, 1.82) is 0 Å². The predicted octanol–water partition coefficient (Wildman–Crippen LogP) is -2.31. The maximum Gasteiger partial charge on any atom is 1.00 e. The van der Waals surface area contributed by atoms with Crippen LogP contribution in [0.4, 0.5) is 0 Å². The summed E-state index contributed by atoms with van der Waals surface area (Å²) >= 11 is 0. The molecule has 15 heavy (non-hydrogen) atoms. The second-order valence-corrected chi connectivity index (χ2v) is 3.12. The minimum atomic E-state index is -1.35. The van der Waals surface area contributed by atoms with E-state index in [1.54, 1.807) is 31.2 Å². The Morgan fingerprint density at radius 3 is 2.33 bits per heavy atom. The molecule has 0 aliphatic rings. The van der Waals surface area contributed by atoms with Crippen LogP contribution in [-0.2, 0) is 15.1 Å². The molecule has 0 amide bonds. The van der Waals surface area contributed by atoms with Crippen LogP contribution in [0.1, 0.15) is 19.4 Å². The van der Waals surface area contributed by atoms with E-state index in [1.165, 1.54) is 6.92 Å². The Labute approximate surface area is 132 Å². The number of aliphatic carboxylic acids is 1. The Kier molecular flexibility index (Phi) is 6.91. The summed E-state index contributed by atoms with van der Waals surface area (Å²) in [4.78, 5) is 11.0. The van der Waals surface area contributed by atoms with E-state index in [9.17, 15) is 9.90 Å². The molecule has 0 bridgehead atoms. The van der Waals surface area contributed by atoms with E-state index in [2.05, 4.69) is 0 Å². The van der Waals surface area contributed by atoms with E-state index in [-0.39, 0.29) is 51.4 Å². The average molecular weight is 232 g/mol. The summed E-state index contributed by atoms with van der Waals surface area (Å²) in [6, 6.07) is 8.80. The molecular weight excluding hydrogens is 219 g/mol. The molecule has 0 aliphatic heterocycles. The van der Waals surface area contributed by atoms with Crippen molar-refractivity contribution in [2.75, 3.05) is 6.61 Å². The SMILES string of the molecule is CCOC(C)(C(=O)[O-])c1ccccc1.[K+]. The zero-order valence-electron chi connectivity index (χ0n) is 9.32.